The number of hydrogen-bond donors (Lipinski definition) is 2. The highest BCUT2D eigenvalue weighted by molar-refractivity contribution is 5.58. The molecule has 1 aliphatic heterocycles. The van der Waals surface area contributed by atoms with Crippen molar-refractivity contribution in [3.05, 3.63) is 41.0 Å². The molecule has 1 aliphatic rings. The molecule has 3 rings (SSSR count). The predicted molar refractivity (Wildman–Crippen MR) is 70.5 cm³/mol. The summed E-state index contributed by atoms with van der Waals surface area (Å²) in [5.41, 5.74) is 9.53. The molecule has 2 aromatic rings. The first-order valence-corrected chi connectivity index (χ1v) is 6.19. The second-order valence-electron chi connectivity index (χ2n) is 4.71. The van der Waals surface area contributed by atoms with Crippen molar-refractivity contribution in [2.24, 2.45) is 5.73 Å². The number of aromatic amines is 1. The maximum absolute atomic E-state index is 5.50. The Hall–Kier alpha value is -1.88. The zero-order valence-electron chi connectivity index (χ0n) is 10.5. The number of nitrogens with two attached hydrogens (primary N) is 1. The van der Waals surface area contributed by atoms with Gasteiger partial charge in [-0.05, 0) is 23.6 Å². The van der Waals surface area contributed by atoms with Crippen molar-refractivity contribution < 1.29 is 0 Å². The van der Waals surface area contributed by atoms with Gasteiger partial charge in [-0.15, -0.1) is 0 Å². The van der Waals surface area contributed by atoms with Gasteiger partial charge in [-0.1, -0.05) is 12.1 Å². The van der Waals surface area contributed by atoms with E-state index in [-0.39, 0.29) is 0 Å². The van der Waals surface area contributed by atoms with E-state index in [0.29, 0.717) is 12.4 Å². The van der Waals surface area contributed by atoms with E-state index in [4.69, 9.17) is 5.73 Å². The van der Waals surface area contributed by atoms with E-state index in [9.17, 15) is 0 Å². The third kappa shape index (κ3) is 1.97. The zero-order valence-corrected chi connectivity index (χ0v) is 10.5. The quantitative estimate of drug-likeness (QED) is 0.838. The van der Waals surface area contributed by atoms with Gasteiger partial charge in [0.05, 0.1) is 6.54 Å². The second-order valence-corrected chi connectivity index (χ2v) is 4.71. The molecule has 0 fully saturated rings. The molecule has 0 atom stereocenters. The Morgan fingerprint density at radius 3 is 3.11 bits per heavy atom. The van der Waals surface area contributed by atoms with Crippen molar-refractivity contribution in [3.8, 4) is 0 Å². The van der Waals surface area contributed by atoms with E-state index < -0.39 is 0 Å². The van der Waals surface area contributed by atoms with Crippen LogP contribution < -0.4 is 10.6 Å². The van der Waals surface area contributed by atoms with Gasteiger partial charge in [0, 0.05) is 25.7 Å². The molecule has 0 spiro atoms. The van der Waals surface area contributed by atoms with Crippen LogP contribution in [0.25, 0.3) is 0 Å². The molecule has 5 nitrogen and oxygen atoms in total. The largest absolute Gasteiger partial charge is 0.374 e. The minimum Gasteiger partial charge on any atom is -0.374 e. The van der Waals surface area contributed by atoms with Crippen LogP contribution in [0.1, 0.15) is 22.8 Å². The van der Waals surface area contributed by atoms with Crippen molar-refractivity contribution in [1.82, 2.24) is 15.2 Å². The summed E-state index contributed by atoms with van der Waals surface area (Å²) >= 11 is 0. The van der Waals surface area contributed by atoms with Crippen molar-refractivity contribution in [3.63, 3.8) is 0 Å². The lowest BCUT2D eigenvalue weighted by Crippen LogP contribution is -2.12. The molecule has 1 aromatic carbocycles. The molecular weight excluding hydrogens is 226 g/mol. The van der Waals surface area contributed by atoms with Gasteiger partial charge >= 0.3 is 0 Å². The second kappa shape index (κ2) is 4.42. The number of likely N-dealkylation sites (N-methyl/N-ethyl adjacent to an activating group) is 1. The number of anilines is 1. The van der Waals surface area contributed by atoms with E-state index in [0.717, 1.165) is 25.2 Å². The first-order valence-electron chi connectivity index (χ1n) is 6.19. The van der Waals surface area contributed by atoms with Gasteiger partial charge in [-0.25, -0.2) is 4.98 Å². The highest BCUT2D eigenvalue weighted by atomic mass is 15.2. The number of aromatic nitrogens is 3. The summed E-state index contributed by atoms with van der Waals surface area (Å²) in [4.78, 5) is 6.62. The number of rotatable bonds is 3. The number of nitrogens with one attached hydrogen (secondary N) is 1. The molecule has 0 saturated heterocycles. The van der Waals surface area contributed by atoms with Crippen LogP contribution in [0.3, 0.4) is 0 Å². The summed E-state index contributed by atoms with van der Waals surface area (Å²) in [6.07, 6.45) is 1.91. The van der Waals surface area contributed by atoms with E-state index in [1.54, 1.807) is 0 Å². The predicted octanol–water partition coefficient (Wildman–Crippen LogP) is 0.847. The summed E-state index contributed by atoms with van der Waals surface area (Å²) < 4.78 is 0. The number of hydrogen-bond acceptors (Lipinski definition) is 4. The fourth-order valence-electron chi connectivity index (χ4n) is 2.43. The molecular formula is C13H17N5. The fourth-order valence-corrected chi connectivity index (χ4v) is 2.43. The minimum absolute atomic E-state index is 0.380. The van der Waals surface area contributed by atoms with Crippen LogP contribution in [0.5, 0.6) is 0 Å². The molecule has 0 saturated carbocycles. The zero-order chi connectivity index (χ0) is 12.5. The van der Waals surface area contributed by atoms with Crippen LogP contribution in [0.15, 0.2) is 18.2 Å². The van der Waals surface area contributed by atoms with Gasteiger partial charge in [0.1, 0.15) is 5.82 Å². The van der Waals surface area contributed by atoms with Gasteiger partial charge in [0.2, 0.25) is 0 Å². The lowest BCUT2D eigenvalue weighted by Gasteiger charge is -2.11. The SMILES string of the molecule is CN1CCc2cc(Cc3nc(CN)n[nH]3)ccc21. The Morgan fingerprint density at radius 2 is 2.33 bits per heavy atom. The minimum atomic E-state index is 0.380. The third-order valence-corrected chi connectivity index (χ3v) is 3.40. The van der Waals surface area contributed by atoms with Crippen molar-refractivity contribution in [2.45, 2.75) is 19.4 Å². The maximum atomic E-state index is 5.50. The molecule has 0 amide bonds. The Labute approximate surface area is 106 Å². The van der Waals surface area contributed by atoms with Gasteiger partial charge < -0.3 is 10.6 Å². The molecule has 3 N–H and O–H groups in total. The maximum Gasteiger partial charge on any atom is 0.164 e. The highest BCUT2D eigenvalue weighted by Crippen LogP contribution is 2.27. The molecule has 2 heterocycles. The van der Waals surface area contributed by atoms with E-state index in [1.165, 1.54) is 16.8 Å². The van der Waals surface area contributed by atoms with Crippen LogP contribution in [-0.4, -0.2) is 28.8 Å². The first-order chi connectivity index (χ1) is 8.76. The van der Waals surface area contributed by atoms with Crippen molar-refractivity contribution >= 4 is 5.69 Å². The molecule has 0 unspecified atom stereocenters. The molecule has 1 aromatic heterocycles. The Bertz CT molecular complexity index is 560. The normalized spacial score (nSPS) is 14.0. The average Bonchev–Trinajstić information content (AvgIpc) is 2.97. The van der Waals surface area contributed by atoms with Crippen LogP contribution >= 0.6 is 0 Å². The van der Waals surface area contributed by atoms with Crippen LogP contribution in [0.4, 0.5) is 5.69 Å². The van der Waals surface area contributed by atoms with Crippen LogP contribution in [0.2, 0.25) is 0 Å². The molecule has 0 radical (unpaired) electrons. The molecule has 94 valence electrons. The first kappa shape index (κ1) is 11.2. The van der Waals surface area contributed by atoms with Crippen molar-refractivity contribution in [2.75, 3.05) is 18.5 Å². The van der Waals surface area contributed by atoms with E-state index in [2.05, 4.69) is 45.3 Å². The smallest absolute Gasteiger partial charge is 0.164 e. The Kier molecular flexibility index (Phi) is 2.76. The number of benzene rings is 1. The number of H-pyrrole nitrogens is 1. The van der Waals surface area contributed by atoms with Crippen molar-refractivity contribution in [1.29, 1.82) is 0 Å². The number of fused-ring (bicyclic) bond motifs is 1. The lowest BCUT2D eigenvalue weighted by molar-refractivity contribution is 0.916. The molecule has 0 bridgehead atoms. The van der Waals surface area contributed by atoms with Gasteiger partial charge in [0.25, 0.3) is 0 Å². The Balaban J connectivity index is 1.81. The topological polar surface area (TPSA) is 70.8 Å². The average molecular weight is 243 g/mol. The van der Waals surface area contributed by atoms with Crippen LogP contribution in [0, 0.1) is 0 Å². The summed E-state index contributed by atoms with van der Waals surface area (Å²) in [5, 5.41) is 6.98. The fraction of sp³-hybridized carbons (Fsp3) is 0.385. The van der Waals surface area contributed by atoms with E-state index >= 15 is 0 Å². The lowest BCUT2D eigenvalue weighted by atomic mass is 10.1. The molecule has 5 heteroatoms. The monoisotopic (exact) mass is 243 g/mol. The van der Waals surface area contributed by atoms with Gasteiger partial charge in [0.15, 0.2) is 5.82 Å². The van der Waals surface area contributed by atoms with Gasteiger partial charge in [-0.2, -0.15) is 5.10 Å². The van der Waals surface area contributed by atoms with Gasteiger partial charge in [-0.3, -0.25) is 5.10 Å². The third-order valence-electron chi connectivity index (χ3n) is 3.40. The molecule has 18 heavy (non-hydrogen) atoms. The highest BCUT2D eigenvalue weighted by Gasteiger charge is 2.15. The summed E-state index contributed by atoms with van der Waals surface area (Å²) in [6.45, 7) is 1.49. The summed E-state index contributed by atoms with van der Waals surface area (Å²) in [5.74, 6) is 1.55. The Morgan fingerprint density at radius 1 is 1.44 bits per heavy atom. The standard InChI is InChI=1S/C13H17N5/c1-18-5-4-10-6-9(2-3-11(10)18)7-12-15-13(8-14)17-16-12/h2-3,6H,4-5,7-8,14H2,1H3,(H,15,16,17). The molecule has 0 aliphatic carbocycles. The van der Waals surface area contributed by atoms with Crippen LogP contribution in [-0.2, 0) is 19.4 Å². The number of nitrogens with zero attached hydrogens (tertiary/aromatic N) is 3. The van der Waals surface area contributed by atoms with E-state index in [1.807, 2.05) is 0 Å². The summed E-state index contributed by atoms with van der Waals surface area (Å²) in [7, 11) is 2.13. The summed E-state index contributed by atoms with van der Waals surface area (Å²) in [6, 6.07) is 6.62.